The van der Waals surface area contributed by atoms with Crippen molar-refractivity contribution in [3.8, 4) is 11.3 Å². The standard InChI is InChI=1S/C13H20N6/c1-10-11(9-16-18-10)12-5-7-15-13(17-12)14-6-4-8-19(2)3/h5,7,9H,4,6,8H2,1-3H3,(H,16,18)(H,14,15,17). The lowest BCUT2D eigenvalue weighted by molar-refractivity contribution is 0.405. The van der Waals surface area contributed by atoms with Crippen LogP contribution in [-0.4, -0.2) is 52.3 Å². The lowest BCUT2D eigenvalue weighted by Gasteiger charge is -2.10. The van der Waals surface area contributed by atoms with Crippen molar-refractivity contribution in [2.75, 3.05) is 32.5 Å². The molecule has 0 radical (unpaired) electrons. The quantitative estimate of drug-likeness (QED) is 0.771. The summed E-state index contributed by atoms with van der Waals surface area (Å²) in [7, 11) is 4.14. The number of H-pyrrole nitrogens is 1. The molecule has 2 aromatic heterocycles. The van der Waals surface area contributed by atoms with Crippen LogP contribution in [0.15, 0.2) is 18.5 Å². The highest BCUT2D eigenvalue weighted by atomic mass is 15.1. The smallest absolute Gasteiger partial charge is 0.223 e. The first-order valence-electron chi connectivity index (χ1n) is 6.39. The van der Waals surface area contributed by atoms with Crippen molar-refractivity contribution in [2.45, 2.75) is 13.3 Å². The van der Waals surface area contributed by atoms with E-state index in [1.165, 1.54) is 0 Å². The zero-order valence-electron chi connectivity index (χ0n) is 11.6. The fourth-order valence-corrected chi connectivity index (χ4v) is 1.81. The maximum atomic E-state index is 4.50. The molecule has 2 heterocycles. The van der Waals surface area contributed by atoms with Gasteiger partial charge >= 0.3 is 0 Å². The molecule has 0 atom stereocenters. The van der Waals surface area contributed by atoms with Gasteiger partial charge in [0.15, 0.2) is 0 Å². The Morgan fingerprint density at radius 3 is 2.89 bits per heavy atom. The number of aromatic amines is 1. The van der Waals surface area contributed by atoms with Crippen LogP contribution in [0.25, 0.3) is 11.3 Å². The molecule has 2 aromatic rings. The second kappa shape index (κ2) is 6.29. The van der Waals surface area contributed by atoms with Crippen LogP contribution in [0.4, 0.5) is 5.95 Å². The summed E-state index contributed by atoms with van der Waals surface area (Å²) in [6.45, 7) is 3.87. The van der Waals surface area contributed by atoms with Gasteiger partial charge in [-0.1, -0.05) is 0 Å². The molecule has 0 amide bonds. The zero-order chi connectivity index (χ0) is 13.7. The Bertz CT molecular complexity index is 519. The normalized spacial score (nSPS) is 10.9. The third-order valence-corrected chi connectivity index (χ3v) is 2.83. The van der Waals surface area contributed by atoms with Crippen molar-refractivity contribution >= 4 is 5.95 Å². The molecular formula is C13H20N6. The average Bonchev–Trinajstić information content (AvgIpc) is 2.81. The van der Waals surface area contributed by atoms with Crippen LogP contribution in [0, 0.1) is 6.92 Å². The molecule has 0 spiro atoms. The Labute approximate surface area is 113 Å². The van der Waals surface area contributed by atoms with Crippen LogP contribution in [0.3, 0.4) is 0 Å². The van der Waals surface area contributed by atoms with E-state index in [2.05, 4.69) is 44.5 Å². The maximum absolute atomic E-state index is 4.50. The van der Waals surface area contributed by atoms with Gasteiger partial charge in [-0.05, 0) is 40.1 Å². The highest BCUT2D eigenvalue weighted by molar-refractivity contribution is 5.61. The summed E-state index contributed by atoms with van der Waals surface area (Å²) in [5, 5.41) is 10.2. The Balaban J connectivity index is 1.98. The van der Waals surface area contributed by atoms with Gasteiger partial charge in [0.25, 0.3) is 0 Å². The molecular weight excluding hydrogens is 240 g/mol. The number of aryl methyl sites for hydroxylation is 1. The number of aromatic nitrogens is 4. The monoisotopic (exact) mass is 260 g/mol. The summed E-state index contributed by atoms with van der Waals surface area (Å²) in [6.07, 6.45) is 4.68. The summed E-state index contributed by atoms with van der Waals surface area (Å²) in [5.74, 6) is 0.664. The first kappa shape index (κ1) is 13.5. The van der Waals surface area contributed by atoms with Crippen LogP contribution < -0.4 is 5.32 Å². The van der Waals surface area contributed by atoms with Gasteiger partial charge < -0.3 is 10.2 Å². The highest BCUT2D eigenvalue weighted by Gasteiger charge is 2.06. The average molecular weight is 260 g/mol. The van der Waals surface area contributed by atoms with Gasteiger partial charge in [0.2, 0.25) is 5.95 Å². The molecule has 0 saturated carbocycles. The molecule has 0 aliphatic rings. The first-order valence-corrected chi connectivity index (χ1v) is 6.39. The molecule has 2 rings (SSSR count). The number of rotatable bonds is 6. The summed E-state index contributed by atoms with van der Waals surface area (Å²) in [4.78, 5) is 10.9. The Morgan fingerprint density at radius 1 is 1.37 bits per heavy atom. The van der Waals surface area contributed by atoms with Crippen molar-refractivity contribution in [3.05, 3.63) is 24.2 Å². The molecule has 6 nitrogen and oxygen atoms in total. The third kappa shape index (κ3) is 3.75. The molecule has 0 bridgehead atoms. The van der Waals surface area contributed by atoms with Gasteiger partial charge in [0, 0.05) is 24.5 Å². The lowest BCUT2D eigenvalue weighted by atomic mass is 10.2. The van der Waals surface area contributed by atoms with E-state index in [0.29, 0.717) is 5.95 Å². The van der Waals surface area contributed by atoms with E-state index in [0.717, 1.165) is 36.5 Å². The molecule has 6 heteroatoms. The van der Waals surface area contributed by atoms with E-state index >= 15 is 0 Å². The van der Waals surface area contributed by atoms with E-state index in [1.54, 1.807) is 6.20 Å². The summed E-state index contributed by atoms with van der Waals surface area (Å²) in [5.41, 5.74) is 2.84. The van der Waals surface area contributed by atoms with Gasteiger partial charge in [-0.25, -0.2) is 9.97 Å². The van der Waals surface area contributed by atoms with Crippen molar-refractivity contribution in [2.24, 2.45) is 0 Å². The Kier molecular flexibility index (Phi) is 4.46. The zero-order valence-corrected chi connectivity index (χ0v) is 11.6. The maximum Gasteiger partial charge on any atom is 0.223 e. The van der Waals surface area contributed by atoms with E-state index in [1.807, 2.05) is 19.2 Å². The predicted octanol–water partition coefficient (Wildman–Crippen LogP) is 1.54. The highest BCUT2D eigenvalue weighted by Crippen LogP contribution is 2.19. The van der Waals surface area contributed by atoms with Crippen molar-refractivity contribution < 1.29 is 0 Å². The van der Waals surface area contributed by atoms with E-state index < -0.39 is 0 Å². The van der Waals surface area contributed by atoms with Gasteiger partial charge in [-0.2, -0.15) is 5.10 Å². The number of anilines is 1. The topological polar surface area (TPSA) is 69.7 Å². The van der Waals surface area contributed by atoms with Crippen LogP contribution >= 0.6 is 0 Å². The fraction of sp³-hybridized carbons (Fsp3) is 0.462. The summed E-state index contributed by atoms with van der Waals surface area (Å²) < 4.78 is 0. The summed E-state index contributed by atoms with van der Waals surface area (Å²) >= 11 is 0. The number of nitrogens with zero attached hydrogens (tertiary/aromatic N) is 4. The van der Waals surface area contributed by atoms with Gasteiger partial charge in [-0.15, -0.1) is 0 Å². The van der Waals surface area contributed by atoms with E-state index in [9.17, 15) is 0 Å². The predicted molar refractivity (Wildman–Crippen MR) is 76.0 cm³/mol. The van der Waals surface area contributed by atoms with Crippen LogP contribution in [0.1, 0.15) is 12.1 Å². The fourth-order valence-electron chi connectivity index (χ4n) is 1.81. The van der Waals surface area contributed by atoms with Crippen LogP contribution in [0.5, 0.6) is 0 Å². The Morgan fingerprint density at radius 2 is 2.21 bits per heavy atom. The SMILES string of the molecule is Cc1n[nH]cc1-c1ccnc(NCCCN(C)C)n1. The van der Waals surface area contributed by atoms with Crippen LogP contribution in [0.2, 0.25) is 0 Å². The number of nitrogens with one attached hydrogen (secondary N) is 2. The largest absolute Gasteiger partial charge is 0.354 e. The molecule has 0 fully saturated rings. The molecule has 0 saturated heterocycles. The molecule has 2 N–H and O–H groups in total. The van der Waals surface area contributed by atoms with E-state index in [-0.39, 0.29) is 0 Å². The van der Waals surface area contributed by atoms with Crippen molar-refractivity contribution in [1.82, 2.24) is 25.1 Å². The number of hydrogen-bond acceptors (Lipinski definition) is 5. The minimum atomic E-state index is 0.664. The molecule has 0 aliphatic heterocycles. The molecule has 0 unspecified atom stereocenters. The van der Waals surface area contributed by atoms with Gasteiger partial charge in [-0.3, -0.25) is 5.10 Å². The van der Waals surface area contributed by atoms with Crippen molar-refractivity contribution in [3.63, 3.8) is 0 Å². The summed E-state index contributed by atoms with van der Waals surface area (Å²) in [6, 6.07) is 1.89. The van der Waals surface area contributed by atoms with Gasteiger partial charge in [0.05, 0.1) is 11.4 Å². The minimum Gasteiger partial charge on any atom is -0.354 e. The second-order valence-electron chi connectivity index (χ2n) is 4.73. The minimum absolute atomic E-state index is 0.664. The Hall–Kier alpha value is -1.95. The number of hydrogen-bond donors (Lipinski definition) is 2. The molecule has 0 aromatic carbocycles. The first-order chi connectivity index (χ1) is 9.16. The van der Waals surface area contributed by atoms with Crippen LogP contribution in [-0.2, 0) is 0 Å². The third-order valence-electron chi connectivity index (χ3n) is 2.83. The van der Waals surface area contributed by atoms with Gasteiger partial charge in [0.1, 0.15) is 0 Å². The molecule has 102 valence electrons. The van der Waals surface area contributed by atoms with E-state index in [4.69, 9.17) is 0 Å². The lowest BCUT2D eigenvalue weighted by Crippen LogP contribution is -2.17. The molecule has 0 aliphatic carbocycles. The molecule has 19 heavy (non-hydrogen) atoms. The second-order valence-corrected chi connectivity index (χ2v) is 4.73. The van der Waals surface area contributed by atoms with Crippen molar-refractivity contribution in [1.29, 1.82) is 0 Å².